The zero-order chi connectivity index (χ0) is 22.8. The highest BCUT2D eigenvalue weighted by molar-refractivity contribution is 6.30. The molecular weight excluding hydrogens is 435 g/mol. The number of rotatable bonds is 9. The second kappa shape index (κ2) is 12.1. The molecule has 0 saturated heterocycles. The van der Waals surface area contributed by atoms with Gasteiger partial charge in [-0.25, -0.2) is 15.6 Å². The van der Waals surface area contributed by atoms with Gasteiger partial charge in [-0.15, -0.1) is 5.10 Å². The minimum atomic E-state index is -0.845. The first-order valence-corrected chi connectivity index (χ1v) is 10.5. The number of amides is 2. The number of urea groups is 1. The van der Waals surface area contributed by atoms with Gasteiger partial charge >= 0.3 is 6.03 Å². The minimum absolute atomic E-state index is 0.0443. The number of hydrogen-bond donors (Lipinski definition) is 3. The number of unbranched alkanes of at least 4 members (excludes halogenated alkanes) is 1. The fourth-order valence-electron chi connectivity index (χ4n) is 2.85. The molecule has 1 atom stereocenters. The predicted octanol–water partition coefficient (Wildman–Crippen LogP) is 4.58. The number of nitrogens with zero attached hydrogens (tertiary/aromatic N) is 3. The van der Waals surface area contributed by atoms with Crippen molar-refractivity contribution in [3.8, 4) is 0 Å². The molecule has 0 bridgehead atoms. The Labute approximate surface area is 192 Å². The van der Waals surface area contributed by atoms with E-state index in [1.165, 1.54) is 6.21 Å². The predicted molar refractivity (Wildman–Crippen MR) is 129 cm³/mol. The minimum Gasteiger partial charge on any atom is -0.384 e. The number of primary amides is 1. The van der Waals surface area contributed by atoms with Crippen LogP contribution in [0.4, 0.5) is 4.79 Å². The molecule has 0 spiro atoms. The highest BCUT2D eigenvalue weighted by atomic mass is 35.5. The molecular formula is C22H26Cl2N6O. The number of halogens is 2. The van der Waals surface area contributed by atoms with E-state index >= 15 is 0 Å². The first kappa shape index (κ1) is 24.4. The largest absolute Gasteiger partial charge is 0.384 e. The molecule has 1 unspecified atom stereocenters. The number of carbonyl (C=O) groups excluding carboxylic acids is 1. The molecule has 164 valence electrons. The van der Waals surface area contributed by atoms with Gasteiger partial charge in [0.15, 0.2) is 5.84 Å². The Morgan fingerprint density at radius 2 is 1.58 bits per heavy atom. The van der Waals surface area contributed by atoms with Crippen LogP contribution in [0.2, 0.25) is 10.0 Å². The average molecular weight is 461 g/mol. The summed E-state index contributed by atoms with van der Waals surface area (Å²) in [6.45, 7) is 2.07. The zero-order valence-corrected chi connectivity index (χ0v) is 18.7. The van der Waals surface area contributed by atoms with Gasteiger partial charge in [-0.3, -0.25) is 0 Å². The van der Waals surface area contributed by atoms with Crippen LogP contribution in [-0.2, 0) is 0 Å². The Kier molecular flexibility index (Phi) is 9.52. The molecule has 0 radical (unpaired) electrons. The molecule has 2 rings (SSSR count). The first-order chi connectivity index (χ1) is 14.8. The number of benzene rings is 2. The summed E-state index contributed by atoms with van der Waals surface area (Å²) in [5.41, 5.74) is 14.1. The van der Waals surface area contributed by atoms with Crippen molar-refractivity contribution in [1.82, 2.24) is 5.01 Å². The maximum Gasteiger partial charge on any atom is 0.329 e. The highest BCUT2D eigenvalue weighted by Crippen LogP contribution is 2.21. The quantitative estimate of drug-likeness (QED) is 0.166. The fraction of sp³-hybridized carbons (Fsp3) is 0.227. The standard InChI is InChI=1S/C22H26Cl2N6O/c1-2-3-4-17(13-15-5-9-18(23)10-6-15)20(30(27)22(26)31)21(25)29-28-14-16-7-11-19(24)12-8-16/h5-14,20H,2-4,27H2,1H3,(H2,25,29)(H2,26,31)/b17-13+,28-14+. The van der Waals surface area contributed by atoms with Crippen LogP contribution in [0.15, 0.2) is 64.3 Å². The number of amidine groups is 1. The van der Waals surface area contributed by atoms with Gasteiger partial charge in [-0.2, -0.15) is 5.10 Å². The third-order valence-electron chi connectivity index (χ3n) is 4.46. The van der Waals surface area contributed by atoms with E-state index in [1.807, 2.05) is 18.2 Å². The van der Waals surface area contributed by atoms with Crippen LogP contribution in [0.5, 0.6) is 0 Å². The van der Waals surface area contributed by atoms with Crippen LogP contribution in [0, 0.1) is 0 Å². The Balaban J connectivity index is 2.40. The van der Waals surface area contributed by atoms with Gasteiger partial charge in [-0.1, -0.05) is 66.9 Å². The molecule has 0 saturated carbocycles. The van der Waals surface area contributed by atoms with E-state index < -0.39 is 12.1 Å². The number of carbonyl (C=O) groups is 1. The molecule has 0 aliphatic rings. The smallest absolute Gasteiger partial charge is 0.329 e. The maximum atomic E-state index is 11.9. The van der Waals surface area contributed by atoms with Gasteiger partial charge in [-0.05, 0) is 53.8 Å². The SMILES string of the molecule is CCCC/C(=C\c1ccc(Cl)cc1)C(/C(N)=N\N=C\c1ccc(Cl)cc1)N(N)C(N)=O. The molecule has 0 aliphatic carbocycles. The zero-order valence-electron chi connectivity index (χ0n) is 17.2. The lowest BCUT2D eigenvalue weighted by atomic mass is 9.97. The molecule has 6 N–H and O–H groups in total. The summed E-state index contributed by atoms with van der Waals surface area (Å²) in [6, 6.07) is 12.7. The van der Waals surface area contributed by atoms with Crippen LogP contribution >= 0.6 is 23.2 Å². The summed E-state index contributed by atoms with van der Waals surface area (Å²) in [6.07, 6.45) is 5.88. The third-order valence-corrected chi connectivity index (χ3v) is 4.96. The van der Waals surface area contributed by atoms with E-state index in [4.69, 9.17) is 40.5 Å². The van der Waals surface area contributed by atoms with Crippen molar-refractivity contribution in [1.29, 1.82) is 0 Å². The van der Waals surface area contributed by atoms with Crippen molar-refractivity contribution in [3.63, 3.8) is 0 Å². The van der Waals surface area contributed by atoms with Gasteiger partial charge in [0.25, 0.3) is 0 Å². The van der Waals surface area contributed by atoms with Gasteiger partial charge in [0.2, 0.25) is 0 Å². The van der Waals surface area contributed by atoms with Crippen molar-refractivity contribution in [2.45, 2.75) is 32.2 Å². The van der Waals surface area contributed by atoms with E-state index in [0.29, 0.717) is 16.5 Å². The van der Waals surface area contributed by atoms with Gasteiger partial charge < -0.3 is 11.5 Å². The monoisotopic (exact) mass is 460 g/mol. The summed E-state index contributed by atoms with van der Waals surface area (Å²) < 4.78 is 0. The summed E-state index contributed by atoms with van der Waals surface area (Å²) in [5.74, 6) is 6.03. The van der Waals surface area contributed by atoms with Crippen LogP contribution in [-0.4, -0.2) is 29.1 Å². The molecule has 2 amide bonds. The highest BCUT2D eigenvalue weighted by Gasteiger charge is 2.27. The molecule has 0 heterocycles. The van der Waals surface area contributed by atoms with E-state index in [0.717, 1.165) is 34.6 Å². The lowest BCUT2D eigenvalue weighted by Crippen LogP contribution is -2.54. The Morgan fingerprint density at radius 1 is 1.03 bits per heavy atom. The van der Waals surface area contributed by atoms with E-state index in [-0.39, 0.29) is 5.84 Å². The number of hydrogen-bond acceptors (Lipinski definition) is 4. The summed E-state index contributed by atoms with van der Waals surface area (Å²) in [5, 5.41) is 10.2. The van der Waals surface area contributed by atoms with Crippen LogP contribution in [0.1, 0.15) is 37.3 Å². The Morgan fingerprint density at radius 3 is 2.10 bits per heavy atom. The summed E-state index contributed by atoms with van der Waals surface area (Å²) >= 11 is 11.9. The number of nitrogens with two attached hydrogens (primary N) is 3. The molecule has 7 nitrogen and oxygen atoms in total. The Bertz CT molecular complexity index is 955. The first-order valence-electron chi connectivity index (χ1n) is 9.73. The van der Waals surface area contributed by atoms with Crippen molar-refractivity contribution in [2.24, 2.45) is 27.5 Å². The van der Waals surface area contributed by atoms with E-state index in [1.54, 1.807) is 36.4 Å². The van der Waals surface area contributed by atoms with Gasteiger partial charge in [0.1, 0.15) is 6.04 Å². The van der Waals surface area contributed by atoms with Crippen LogP contribution < -0.4 is 17.3 Å². The molecule has 9 heteroatoms. The Hall–Kier alpha value is -2.87. The normalized spacial score (nSPS) is 13.4. The second-order valence-corrected chi connectivity index (χ2v) is 7.72. The maximum absolute atomic E-state index is 11.9. The lowest BCUT2D eigenvalue weighted by Gasteiger charge is -2.27. The van der Waals surface area contributed by atoms with Crippen molar-refractivity contribution < 1.29 is 4.79 Å². The molecule has 2 aromatic carbocycles. The molecule has 2 aromatic rings. The van der Waals surface area contributed by atoms with Crippen molar-refractivity contribution in [2.75, 3.05) is 0 Å². The third kappa shape index (κ3) is 7.71. The second-order valence-electron chi connectivity index (χ2n) is 6.84. The van der Waals surface area contributed by atoms with Crippen LogP contribution in [0.3, 0.4) is 0 Å². The van der Waals surface area contributed by atoms with Crippen LogP contribution in [0.25, 0.3) is 6.08 Å². The summed E-state index contributed by atoms with van der Waals surface area (Å²) in [4.78, 5) is 11.9. The summed E-state index contributed by atoms with van der Waals surface area (Å²) in [7, 11) is 0. The van der Waals surface area contributed by atoms with E-state index in [9.17, 15) is 4.79 Å². The number of hydrazine groups is 1. The van der Waals surface area contributed by atoms with E-state index in [2.05, 4.69) is 17.1 Å². The fourth-order valence-corrected chi connectivity index (χ4v) is 3.10. The topological polar surface area (TPSA) is 123 Å². The van der Waals surface area contributed by atoms with Crippen molar-refractivity contribution in [3.05, 3.63) is 75.3 Å². The lowest BCUT2D eigenvalue weighted by molar-refractivity contribution is 0.205. The van der Waals surface area contributed by atoms with Crippen molar-refractivity contribution >= 4 is 47.4 Å². The molecule has 0 fully saturated rings. The molecule has 31 heavy (non-hydrogen) atoms. The van der Waals surface area contributed by atoms with Gasteiger partial charge in [0.05, 0.1) is 6.21 Å². The molecule has 0 aromatic heterocycles. The average Bonchev–Trinajstić information content (AvgIpc) is 2.74. The molecule has 0 aliphatic heterocycles. The van der Waals surface area contributed by atoms with Gasteiger partial charge in [0, 0.05) is 10.0 Å².